The van der Waals surface area contributed by atoms with Crippen LogP contribution in [0.1, 0.15) is 10.4 Å². The number of aromatic nitrogens is 1. The summed E-state index contributed by atoms with van der Waals surface area (Å²) in [6.07, 6.45) is 2.60. The molecule has 0 unspecified atom stereocenters. The summed E-state index contributed by atoms with van der Waals surface area (Å²) in [4.78, 5) is 4.98. The lowest BCUT2D eigenvalue weighted by atomic mass is 10.1. The topological polar surface area (TPSA) is 48.1 Å². The zero-order chi connectivity index (χ0) is 12.1. The molecule has 0 spiro atoms. The molecule has 2 rings (SSSR count). The van der Waals surface area contributed by atoms with Crippen molar-refractivity contribution >= 4 is 22.9 Å². The highest BCUT2D eigenvalue weighted by Crippen LogP contribution is 2.20. The van der Waals surface area contributed by atoms with Gasteiger partial charge in [0.05, 0.1) is 4.88 Å². The molecular weight excluding hydrogens is 256 g/mol. The zero-order valence-corrected chi connectivity index (χ0v) is 10.8. The average molecular weight is 269 g/mol. The summed E-state index contributed by atoms with van der Waals surface area (Å²) in [5.74, 6) is 0.848. The number of hydrogen-bond acceptors (Lipinski definition) is 4. The maximum atomic E-state index is 5.75. The lowest BCUT2D eigenvalue weighted by Crippen LogP contribution is -2.02. The van der Waals surface area contributed by atoms with Crippen LogP contribution in [0.15, 0.2) is 30.5 Å². The van der Waals surface area contributed by atoms with Gasteiger partial charge in [-0.25, -0.2) is 4.98 Å². The molecule has 5 heteroatoms. The fourth-order valence-corrected chi connectivity index (χ4v) is 2.35. The Morgan fingerprint density at radius 2 is 2.29 bits per heavy atom. The Morgan fingerprint density at radius 3 is 3.00 bits per heavy atom. The van der Waals surface area contributed by atoms with Gasteiger partial charge in [0, 0.05) is 6.20 Å². The number of benzene rings is 1. The van der Waals surface area contributed by atoms with Crippen LogP contribution in [0.25, 0.3) is 0 Å². The molecule has 3 nitrogen and oxygen atoms in total. The van der Waals surface area contributed by atoms with Crippen LogP contribution in [0.4, 0.5) is 0 Å². The highest BCUT2D eigenvalue weighted by Gasteiger charge is 2.01. The van der Waals surface area contributed by atoms with Crippen LogP contribution in [0.3, 0.4) is 0 Å². The maximum Gasteiger partial charge on any atom is 0.183 e. The van der Waals surface area contributed by atoms with Crippen molar-refractivity contribution in [3.8, 4) is 5.75 Å². The Bertz CT molecular complexity index is 487. The second-order valence-electron chi connectivity index (χ2n) is 3.55. The normalized spacial score (nSPS) is 10.5. The number of halogens is 1. The Balaban J connectivity index is 1.96. The van der Waals surface area contributed by atoms with E-state index in [0.29, 0.717) is 17.6 Å². The quantitative estimate of drug-likeness (QED) is 0.907. The molecule has 1 aromatic carbocycles. The van der Waals surface area contributed by atoms with Crippen LogP contribution >= 0.6 is 22.9 Å². The van der Waals surface area contributed by atoms with Crippen molar-refractivity contribution in [3.63, 3.8) is 0 Å². The van der Waals surface area contributed by atoms with E-state index in [1.807, 2.05) is 24.3 Å². The second-order valence-corrected chi connectivity index (χ2v) is 5.25. The third-order valence-corrected chi connectivity index (χ3v) is 3.33. The van der Waals surface area contributed by atoms with Gasteiger partial charge in [0.2, 0.25) is 0 Å². The third kappa shape index (κ3) is 3.70. The molecule has 0 aliphatic carbocycles. The largest absolute Gasteiger partial charge is 0.488 e. The van der Waals surface area contributed by atoms with Crippen molar-refractivity contribution in [3.05, 3.63) is 45.4 Å². The van der Waals surface area contributed by atoms with E-state index in [0.717, 1.165) is 17.0 Å². The Hall–Kier alpha value is -1.10. The number of hydrogen-bond donors (Lipinski definition) is 1. The van der Waals surface area contributed by atoms with E-state index < -0.39 is 0 Å². The Morgan fingerprint density at radius 1 is 1.41 bits per heavy atom. The van der Waals surface area contributed by atoms with Gasteiger partial charge in [0.1, 0.15) is 12.4 Å². The van der Waals surface area contributed by atoms with E-state index in [1.165, 1.54) is 16.9 Å². The minimum absolute atomic E-state index is 0.496. The molecule has 0 amide bonds. The van der Waals surface area contributed by atoms with Crippen molar-refractivity contribution < 1.29 is 4.74 Å². The van der Waals surface area contributed by atoms with Crippen LogP contribution in [0.5, 0.6) is 5.75 Å². The molecule has 0 aliphatic rings. The zero-order valence-electron chi connectivity index (χ0n) is 9.23. The number of thiazole rings is 1. The van der Waals surface area contributed by atoms with Crippen molar-refractivity contribution in [2.45, 2.75) is 13.0 Å². The van der Waals surface area contributed by atoms with Crippen LogP contribution < -0.4 is 10.5 Å². The van der Waals surface area contributed by atoms with E-state index in [2.05, 4.69) is 4.98 Å². The second kappa shape index (κ2) is 6.00. The van der Waals surface area contributed by atoms with E-state index in [1.54, 1.807) is 6.20 Å². The van der Waals surface area contributed by atoms with E-state index >= 15 is 0 Å². The molecule has 1 aromatic heterocycles. The number of nitrogens with two attached hydrogens (primary N) is 1. The number of ether oxygens (including phenoxy) is 1. The van der Waals surface area contributed by atoms with Crippen molar-refractivity contribution in [1.29, 1.82) is 0 Å². The molecule has 0 saturated heterocycles. The van der Waals surface area contributed by atoms with E-state index in [9.17, 15) is 0 Å². The molecule has 0 fully saturated rings. The molecule has 0 aliphatic heterocycles. The van der Waals surface area contributed by atoms with E-state index in [-0.39, 0.29) is 0 Å². The maximum absolute atomic E-state index is 5.75. The Kier molecular flexibility index (Phi) is 4.36. The van der Waals surface area contributed by atoms with Gasteiger partial charge in [0.15, 0.2) is 4.47 Å². The van der Waals surface area contributed by atoms with Crippen molar-refractivity contribution in [2.75, 3.05) is 6.54 Å². The standard InChI is InChI=1S/C12H13ClN2OS/c13-12-15-7-11(17-12)8-16-10-3-1-2-9(6-10)4-5-14/h1-3,6-7H,4-5,8,14H2. The Labute approximate surface area is 109 Å². The van der Waals surface area contributed by atoms with Gasteiger partial charge in [-0.3, -0.25) is 0 Å². The molecule has 0 bridgehead atoms. The molecular formula is C12H13ClN2OS. The SMILES string of the molecule is NCCc1cccc(OCc2cnc(Cl)s2)c1. The number of rotatable bonds is 5. The minimum Gasteiger partial charge on any atom is -0.488 e. The summed E-state index contributed by atoms with van der Waals surface area (Å²) in [6.45, 7) is 1.14. The van der Waals surface area contributed by atoms with Crippen LogP contribution in [-0.4, -0.2) is 11.5 Å². The highest BCUT2D eigenvalue weighted by molar-refractivity contribution is 7.15. The molecule has 90 valence electrons. The highest BCUT2D eigenvalue weighted by atomic mass is 35.5. The van der Waals surface area contributed by atoms with Gasteiger partial charge in [-0.2, -0.15) is 0 Å². The van der Waals surface area contributed by atoms with Gasteiger partial charge in [-0.1, -0.05) is 23.7 Å². The summed E-state index contributed by atoms with van der Waals surface area (Å²) in [5.41, 5.74) is 6.70. The van der Waals surface area contributed by atoms with Crippen molar-refractivity contribution in [2.24, 2.45) is 5.73 Å². The van der Waals surface area contributed by atoms with Gasteiger partial charge in [-0.15, -0.1) is 11.3 Å². The van der Waals surface area contributed by atoms with Crippen molar-refractivity contribution in [1.82, 2.24) is 4.98 Å². The molecule has 0 atom stereocenters. The summed E-state index contributed by atoms with van der Waals surface area (Å²) in [5, 5.41) is 0. The third-order valence-electron chi connectivity index (χ3n) is 2.24. The van der Waals surface area contributed by atoms with Crippen LogP contribution in [0, 0.1) is 0 Å². The number of nitrogens with zero attached hydrogens (tertiary/aromatic N) is 1. The molecule has 2 aromatic rings. The summed E-state index contributed by atoms with van der Waals surface area (Å²) in [7, 11) is 0. The first-order chi connectivity index (χ1) is 8.28. The lowest BCUT2D eigenvalue weighted by molar-refractivity contribution is 0.309. The smallest absolute Gasteiger partial charge is 0.183 e. The van der Waals surface area contributed by atoms with Gasteiger partial charge >= 0.3 is 0 Å². The molecule has 0 radical (unpaired) electrons. The van der Waals surface area contributed by atoms with Crippen LogP contribution in [-0.2, 0) is 13.0 Å². The summed E-state index contributed by atoms with van der Waals surface area (Å²) >= 11 is 7.18. The fraction of sp³-hybridized carbons (Fsp3) is 0.250. The van der Waals surface area contributed by atoms with Gasteiger partial charge in [0.25, 0.3) is 0 Å². The van der Waals surface area contributed by atoms with Gasteiger partial charge in [-0.05, 0) is 30.7 Å². The molecule has 1 heterocycles. The predicted molar refractivity (Wildman–Crippen MR) is 70.7 cm³/mol. The first kappa shape index (κ1) is 12.4. The summed E-state index contributed by atoms with van der Waals surface area (Å²) < 4.78 is 6.21. The van der Waals surface area contributed by atoms with Crippen LogP contribution in [0.2, 0.25) is 4.47 Å². The summed E-state index contributed by atoms with van der Waals surface area (Å²) in [6, 6.07) is 7.96. The lowest BCUT2D eigenvalue weighted by Gasteiger charge is -2.06. The first-order valence-corrected chi connectivity index (χ1v) is 6.49. The average Bonchev–Trinajstić information content (AvgIpc) is 2.74. The van der Waals surface area contributed by atoms with Gasteiger partial charge < -0.3 is 10.5 Å². The minimum atomic E-state index is 0.496. The molecule has 0 saturated carbocycles. The predicted octanol–water partition coefficient (Wildman–Crippen LogP) is 2.88. The first-order valence-electron chi connectivity index (χ1n) is 5.30. The van der Waals surface area contributed by atoms with E-state index in [4.69, 9.17) is 22.1 Å². The fourth-order valence-electron chi connectivity index (χ4n) is 1.46. The monoisotopic (exact) mass is 268 g/mol. The molecule has 2 N–H and O–H groups in total. The molecule has 17 heavy (non-hydrogen) atoms.